The average Bonchev–Trinajstić information content (AvgIpc) is 3.11. The zero-order valence-corrected chi connectivity index (χ0v) is 16.3. The molecule has 0 fully saturated rings. The van der Waals surface area contributed by atoms with E-state index in [1.807, 2.05) is 28.1 Å². The first-order chi connectivity index (χ1) is 13.6. The Balaban J connectivity index is 2.14. The molecule has 144 valence electrons. The first-order valence-electron chi connectivity index (χ1n) is 8.38. The number of allylic oxidation sites excluding steroid dienone is 1. The number of nitro groups is 1. The Hall–Kier alpha value is -3.39. The number of nitrogens with zero attached hydrogens (tertiary/aromatic N) is 3. The number of rotatable bonds is 7. The number of methoxy groups -OCH3 is 2. The Morgan fingerprint density at radius 2 is 2.07 bits per heavy atom. The van der Waals surface area contributed by atoms with Gasteiger partial charge in [0.05, 0.1) is 24.8 Å². The second kappa shape index (κ2) is 8.53. The summed E-state index contributed by atoms with van der Waals surface area (Å²) in [5, 5.41) is 13.0. The maximum Gasteiger partial charge on any atom is 0.270 e. The number of aromatic nitrogens is 1. The molecule has 2 aromatic carbocycles. The lowest BCUT2D eigenvalue weighted by molar-refractivity contribution is -0.384. The third-order valence-corrected chi connectivity index (χ3v) is 4.93. The highest BCUT2D eigenvalue weighted by Crippen LogP contribution is 2.31. The molecule has 0 saturated heterocycles. The monoisotopic (exact) mass is 397 g/mol. The van der Waals surface area contributed by atoms with E-state index < -0.39 is 4.92 Å². The van der Waals surface area contributed by atoms with Gasteiger partial charge in [-0.2, -0.15) is 0 Å². The van der Waals surface area contributed by atoms with Gasteiger partial charge in [0.15, 0.2) is 4.80 Å². The highest BCUT2D eigenvalue weighted by atomic mass is 32.1. The number of hydrogen-bond donors (Lipinski definition) is 0. The van der Waals surface area contributed by atoms with E-state index >= 15 is 0 Å². The van der Waals surface area contributed by atoms with Crippen LogP contribution in [0.1, 0.15) is 0 Å². The van der Waals surface area contributed by atoms with Crippen LogP contribution in [0.25, 0.3) is 11.3 Å². The van der Waals surface area contributed by atoms with Crippen molar-refractivity contribution in [1.29, 1.82) is 0 Å². The topological polar surface area (TPSA) is 78.9 Å². The maximum absolute atomic E-state index is 11.1. The highest BCUT2D eigenvalue weighted by molar-refractivity contribution is 7.07. The fraction of sp³-hybridized carbons (Fsp3) is 0.150. The smallest absolute Gasteiger partial charge is 0.270 e. The summed E-state index contributed by atoms with van der Waals surface area (Å²) in [5.41, 5.74) is 2.29. The van der Waals surface area contributed by atoms with Crippen LogP contribution < -0.4 is 14.3 Å². The standard InChI is InChI=1S/C20H19N3O4S/c1-4-10-22-18(14-6-5-7-15(11-14)23(24)25)13-28-20(22)21-17-9-8-16(26-2)12-19(17)27-3/h4-9,11-13H,1,10H2,2-3H3. The molecule has 1 heterocycles. The Kier molecular flexibility index (Phi) is 5.90. The Morgan fingerprint density at radius 3 is 2.75 bits per heavy atom. The molecular weight excluding hydrogens is 378 g/mol. The molecule has 0 atom stereocenters. The van der Waals surface area contributed by atoms with Crippen LogP contribution in [0.4, 0.5) is 11.4 Å². The van der Waals surface area contributed by atoms with Crippen LogP contribution in [0.3, 0.4) is 0 Å². The molecule has 0 amide bonds. The molecule has 0 N–H and O–H groups in total. The summed E-state index contributed by atoms with van der Waals surface area (Å²) in [5.74, 6) is 1.27. The van der Waals surface area contributed by atoms with Gasteiger partial charge in [0.25, 0.3) is 5.69 Å². The first-order valence-corrected chi connectivity index (χ1v) is 9.26. The van der Waals surface area contributed by atoms with Crippen molar-refractivity contribution in [3.05, 3.63) is 75.4 Å². The van der Waals surface area contributed by atoms with Gasteiger partial charge >= 0.3 is 0 Å². The van der Waals surface area contributed by atoms with Crippen molar-refractivity contribution in [3.63, 3.8) is 0 Å². The van der Waals surface area contributed by atoms with Gasteiger partial charge in [0, 0.05) is 35.7 Å². The summed E-state index contributed by atoms with van der Waals surface area (Å²) >= 11 is 1.44. The minimum atomic E-state index is -0.402. The lowest BCUT2D eigenvalue weighted by Crippen LogP contribution is -2.14. The number of benzene rings is 2. The van der Waals surface area contributed by atoms with E-state index in [0.29, 0.717) is 23.7 Å². The summed E-state index contributed by atoms with van der Waals surface area (Å²) in [6.07, 6.45) is 1.76. The summed E-state index contributed by atoms with van der Waals surface area (Å²) < 4.78 is 12.6. The largest absolute Gasteiger partial charge is 0.497 e. The van der Waals surface area contributed by atoms with Gasteiger partial charge in [-0.25, -0.2) is 4.99 Å². The van der Waals surface area contributed by atoms with Crippen molar-refractivity contribution in [2.75, 3.05) is 14.2 Å². The molecule has 0 saturated carbocycles. The van der Waals surface area contributed by atoms with Crippen LogP contribution in [-0.2, 0) is 6.54 Å². The third kappa shape index (κ3) is 3.96. The second-order valence-corrected chi connectivity index (χ2v) is 6.60. The number of hydrogen-bond acceptors (Lipinski definition) is 6. The van der Waals surface area contributed by atoms with Crippen molar-refractivity contribution in [3.8, 4) is 22.8 Å². The minimum absolute atomic E-state index is 0.0455. The van der Waals surface area contributed by atoms with Crippen LogP contribution in [-0.4, -0.2) is 23.7 Å². The summed E-state index contributed by atoms with van der Waals surface area (Å²) in [6.45, 7) is 4.33. The van der Waals surface area contributed by atoms with E-state index in [9.17, 15) is 10.1 Å². The predicted molar refractivity (Wildman–Crippen MR) is 109 cm³/mol. The van der Waals surface area contributed by atoms with E-state index in [2.05, 4.69) is 6.58 Å². The van der Waals surface area contributed by atoms with E-state index in [0.717, 1.165) is 16.1 Å². The number of nitro benzene ring substituents is 1. The van der Waals surface area contributed by atoms with Crippen LogP contribution in [0.15, 0.2) is 65.5 Å². The SMILES string of the molecule is C=CCn1c(-c2cccc([N+](=O)[O-])c2)csc1=Nc1ccc(OC)cc1OC. The Morgan fingerprint density at radius 1 is 1.25 bits per heavy atom. The molecule has 7 nitrogen and oxygen atoms in total. The van der Waals surface area contributed by atoms with Gasteiger partial charge < -0.3 is 14.0 Å². The number of thiazole rings is 1. The van der Waals surface area contributed by atoms with Gasteiger partial charge in [-0.1, -0.05) is 18.2 Å². The van der Waals surface area contributed by atoms with Crippen LogP contribution in [0, 0.1) is 10.1 Å². The van der Waals surface area contributed by atoms with Crippen molar-refractivity contribution in [2.24, 2.45) is 4.99 Å². The highest BCUT2D eigenvalue weighted by Gasteiger charge is 2.12. The van der Waals surface area contributed by atoms with Gasteiger partial charge in [0.2, 0.25) is 0 Å². The van der Waals surface area contributed by atoms with Gasteiger partial charge in [-0.05, 0) is 12.1 Å². The van der Waals surface area contributed by atoms with Crippen molar-refractivity contribution < 1.29 is 14.4 Å². The molecule has 3 aromatic rings. The zero-order chi connectivity index (χ0) is 20.1. The van der Waals surface area contributed by atoms with Crippen molar-refractivity contribution >= 4 is 22.7 Å². The van der Waals surface area contributed by atoms with Crippen LogP contribution in [0.5, 0.6) is 11.5 Å². The molecule has 0 aliphatic heterocycles. The summed E-state index contributed by atoms with van der Waals surface area (Å²) in [4.78, 5) is 16.2. The molecule has 8 heteroatoms. The second-order valence-electron chi connectivity index (χ2n) is 5.76. The summed E-state index contributed by atoms with van der Waals surface area (Å²) in [6, 6.07) is 11.9. The van der Waals surface area contributed by atoms with Crippen molar-refractivity contribution in [1.82, 2.24) is 4.57 Å². The fourth-order valence-corrected chi connectivity index (χ4v) is 3.65. The normalized spacial score (nSPS) is 11.3. The molecule has 3 rings (SSSR count). The van der Waals surface area contributed by atoms with E-state index in [1.165, 1.54) is 17.4 Å². The molecule has 28 heavy (non-hydrogen) atoms. The fourth-order valence-electron chi connectivity index (χ4n) is 2.71. The molecule has 0 bridgehead atoms. The Bertz CT molecular complexity index is 1090. The van der Waals surface area contributed by atoms with Gasteiger partial charge in [-0.15, -0.1) is 17.9 Å². The molecule has 0 aliphatic rings. The lowest BCUT2D eigenvalue weighted by atomic mass is 10.1. The molecule has 0 spiro atoms. The van der Waals surface area contributed by atoms with Crippen molar-refractivity contribution in [2.45, 2.75) is 6.54 Å². The predicted octanol–water partition coefficient (Wildman–Crippen LogP) is 4.56. The number of non-ortho nitro benzene ring substituents is 1. The molecule has 0 radical (unpaired) electrons. The Labute approximate surface area is 166 Å². The zero-order valence-electron chi connectivity index (χ0n) is 15.5. The van der Waals surface area contributed by atoms with Crippen LogP contribution >= 0.6 is 11.3 Å². The summed E-state index contributed by atoms with van der Waals surface area (Å²) in [7, 11) is 3.17. The number of ether oxygens (including phenoxy) is 2. The minimum Gasteiger partial charge on any atom is -0.497 e. The lowest BCUT2D eigenvalue weighted by Gasteiger charge is -2.08. The molecule has 0 unspecified atom stereocenters. The van der Waals surface area contributed by atoms with E-state index in [4.69, 9.17) is 14.5 Å². The van der Waals surface area contributed by atoms with Crippen LogP contribution in [0.2, 0.25) is 0 Å². The van der Waals surface area contributed by atoms with Gasteiger partial charge in [0.1, 0.15) is 17.2 Å². The van der Waals surface area contributed by atoms with E-state index in [1.54, 1.807) is 38.5 Å². The van der Waals surface area contributed by atoms with E-state index in [-0.39, 0.29) is 5.69 Å². The quantitative estimate of drug-likeness (QED) is 0.333. The van der Waals surface area contributed by atoms with Gasteiger partial charge in [-0.3, -0.25) is 10.1 Å². The average molecular weight is 397 g/mol. The third-order valence-electron chi connectivity index (χ3n) is 4.07. The molecular formula is C20H19N3O4S. The first kappa shape index (κ1) is 19.4. The maximum atomic E-state index is 11.1. The molecule has 0 aliphatic carbocycles. The molecule has 1 aromatic heterocycles.